The number of aliphatic hydroxyl groups is 1. The van der Waals surface area contributed by atoms with E-state index in [0.717, 1.165) is 19.3 Å². The second-order valence-corrected chi connectivity index (χ2v) is 4.98. The van der Waals surface area contributed by atoms with Gasteiger partial charge < -0.3 is 15.5 Å². The molecule has 2 atom stereocenters. The molecule has 2 saturated carbocycles. The minimum Gasteiger partial charge on any atom is -0.481 e. The highest BCUT2D eigenvalue weighted by atomic mass is 16.4. The van der Waals surface area contributed by atoms with Gasteiger partial charge in [0.1, 0.15) is 0 Å². The Labute approximate surface area is 93.8 Å². The zero-order chi connectivity index (χ0) is 11.8. The molecule has 0 saturated heterocycles. The Balaban J connectivity index is 1.71. The summed E-state index contributed by atoms with van der Waals surface area (Å²) in [7, 11) is 0. The van der Waals surface area contributed by atoms with Crippen molar-refractivity contribution in [3.8, 4) is 0 Å². The van der Waals surface area contributed by atoms with E-state index in [4.69, 9.17) is 10.2 Å². The number of carbonyl (C=O) groups is 2. The number of aliphatic carboxylic acids is 1. The van der Waals surface area contributed by atoms with Gasteiger partial charge in [-0.3, -0.25) is 9.59 Å². The summed E-state index contributed by atoms with van der Waals surface area (Å²) in [6.45, 7) is 0.728. The monoisotopic (exact) mass is 227 g/mol. The van der Waals surface area contributed by atoms with E-state index in [1.807, 2.05) is 0 Å². The number of hydrogen-bond acceptors (Lipinski definition) is 3. The summed E-state index contributed by atoms with van der Waals surface area (Å²) < 4.78 is 0. The highest BCUT2D eigenvalue weighted by molar-refractivity contribution is 5.89. The lowest BCUT2D eigenvalue weighted by Crippen LogP contribution is -2.32. The first-order valence-corrected chi connectivity index (χ1v) is 5.69. The average molecular weight is 227 g/mol. The molecular weight excluding hydrogens is 210 g/mol. The molecule has 2 unspecified atom stereocenters. The third kappa shape index (κ3) is 2.35. The maximum absolute atomic E-state index is 11.6. The first-order valence-electron chi connectivity index (χ1n) is 5.69. The Morgan fingerprint density at radius 1 is 1.31 bits per heavy atom. The van der Waals surface area contributed by atoms with Crippen LogP contribution < -0.4 is 5.32 Å². The lowest BCUT2D eigenvalue weighted by Gasteiger charge is -2.14. The van der Waals surface area contributed by atoms with Crippen molar-refractivity contribution in [2.24, 2.45) is 17.3 Å². The Morgan fingerprint density at radius 2 is 2.00 bits per heavy atom. The van der Waals surface area contributed by atoms with E-state index in [0.29, 0.717) is 13.0 Å². The molecule has 0 bridgehead atoms. The number of rotatable bonds is 6. The molecule has 2 rings (SSSR count). The minimum atomic E-state index is -0.878. The van der Waals surface area contributed by atoms with Crippen molar-refractivity contribution in [1.82, 2.24) is 5.32 Å². The van der Waals surface area contributed by atoms with Gasteiger partial charge in [0, 0.05) is 13.2 Å². The second-order valence-electron chi connectivity index (χ2n) is 4.98. The average Bonchev–Trinajstić information content (AvgIpc) is 3.10. The van der Waals surface area contributed by atoms with Gasteiger partial charge in [-0.2, -0.15) is 0 Å². The summed E-state index contributed by atoms with van der Waals surface area (Å²) in [5.41, 5.74) is 0.0953. The van der Waals surface area contributed by atoms with Crippen LogP contribution in [-0.4, -0.2) is 35.2 Å². The molecule has 16 heavy (non-hydrogen) atoms. The molecule has 0 aromatic carbocycles. The van der Waals surface area contributed by atoms with Gasteiger partial charge in [-0.05, 0) is 31.1 Å². The van der Waals surface area contributed by atoms with E-state index in [1.54, 1.807) is 0 Å². The molecule has 0 radical (unpaired) electrons. The molecule has 5 nitrogen and oxygen atoms in total. The smallest absolute Gasteiger partial charge is 0.307 e. The summed E-state index contributed by atoms with van der Waals surface area (Å²) in [5, 5.41) is 20.3. The number of carbonyl (C=O) groups excluding carboxylic acids is 1. The first kappa shape index (κ1) is 11.4. The van der Waals surface area contributed by atoms with Crippen LogP contribution in [0.5, 0.6) is 0 Å². The Hall–Kier alpha value is -1.10. The topological polar surface area (TPSA) is 86.6 Å². The van der Waals surface area contributed by atoms with Gasteiger partial charge in [0.25, 0.3) is 0 Å². The lowest BCUT2D eigenvalue weighted by atomic mass is 10.0. The molecule has 0 aromatic rings. The van der Waals surface area contributed by atoms with Crippen molar-refractivity contribution in [3.63, 3.8) is 0 Å². The Kier molecular flexibility index (Phi) is 2.88. The third-order valence-electron chi connectivity index (χ3n) is 3.68. The van der Waals surface area contributed by atoms with Crippen LogP contribution in [0.25, 0.3) is 0 Å². The number of aliphatic hydroxyl groups excluding tert-OH is 1. The summed E-state index contributed by atoms with van der Waals surface area (Å²) in [6.07, 6.45) is 3.27. The van der Waals surface area contributed by atoms with Crippen molar-refractivity contribution >= 4 is 11.9 Å². The van der Waals surface area contributed by atoms with Crippen LogP contribution in [0, 0.1) is 17.3 Å². The van der Waals surface area contributed by atoms with E-state index in [1.165, 1.54) is 0 Å². The molecule has 90 valence electrons. The Bertz CT molecular complexity index is 311. The van der Waals surface area contributed by atoms with Crippen molar-refractivity contribution in [3.05, 3.63) is 0 Å². The van der Waals surface area contributed by atoms with Crippen LogP contribution in [0.15, 0.2) is 0 Å². The van der Waals surface area contributed by atoms with Crippen LogP contribution in [0.3, 0.4) is 0 Å². The van der Waals surface area contributed by atoms with Crippen LogP contribution in [0.4, 0.5) is 0 Å². The van der Waals surface area contributed by atoms with Crippen molar-refractivity contribution in [2.75, 3.05) is 13.2 Å². The number of amides is 1. The molecule has 2 aliphatic carbocycles. The molecule has 0 aromatic heterocycles. The van der Waals surface area contributed by atoms with E-state index < -0.39 is 11.9 Å². The fourth-order valence-electron chi connectivity index (χ4n) is 2.09. The molecule has 0 spiro atoms. The van der Waals surface area contributed by atoms with Gasteiger partial charge in [0.2, 0.25) is 5.91 Å². The van der Waals surface area contributed by atoms with Crippen LogP contribution in [0.1, 0.15) is 25.7 Å². The highest BCUT2D eigenvalue weighted by Gasteiger charge is 2.49. The predicted octanol–water partition coefficient (Wildman–Crippen LogP) is -0.0141. The van der Waals surface area contributed by atoms with E-state index in [9.17, 15) is 9.59 Å². The maximum atomic E-state index is 11.6. The summed E-state index contributed by atoms with van der Waals surface area (Å²) in [4.78, 5) is 22.1. The van der Waals surface area contributed by atoms with Crippen molar-refractivity contribution in [1.29, 1.82) is 0 Å². The summed E-state index contributed by atoms with van der Waals surface area (Å²) >= 11 is 0. The first-order chi connectivity index (χ1) is 7.58. The van der Waals surface area contributed by atoms with Gasteiger partial charge >= 0.3 is 5.97 Å². The van der Waals surface area contributed by atoms with E-state index in [2.05, 4.69) is 5.32 Å². The predicted molar refractivity (Wildman–Crippen MR) is 55.6 cm³/mol. The third-order valence-corrected chi connectivity index (χ3v) is 3.68. The maximum Gasteiger partial charge on any atom is 0.307 e. The van der Waals surface area contributed by atoms with Gasteiger partial charge in [-0.25, -0.2) is 0 Å². The SMILES string of the molecule is O=C(O)C1CC1C(=O)NCC1(CCO)CC1. The normalized spacial score (nSPS) is 29.6. The zero-order valence-electron chi connectivity index (χ0n) is 9.11. The van der Waals surface area contributed by atoms with Gasteiger partial charge in [0.15, 0.2) is 0 Å². The van der Waals surface area contributed by atoms with Gasteiger partial charge in [-0.15, -0.1) is 0 Å². The zero-order valence-corrected chi connectivity index (χ0v) is 9.11. The standard InChI is InChI=1S/C11H17NO4/c13-4-3-11(1-2-11)6-12-9(14)7-5-8(7)10(15)16/h7-8,13H,1-6H2,(H,12,14)(H,15,16). The number of hydrogen-bond donors (Lipinski definition) is 3. The highest BCUT2D eigenvalue weighted by Crippen LogP contribution is 2.48. The van der Waals surface area contributed by atoms with Crippen LogP contribution in [-0.2, 0) is 9.59 Å². The summed E-state index contributed by atoms with van der Waals surface area (Å²) in [6, 6.07) is 0. The largest absolute Gasteiger partial charge is 0.481 e. The van der Waals surface area contributed by atoms with E-state index >= 15 is 0 Å². The quantitative estimate of drug-likeness (QED) is 0.595. The number of carboxylic acids is 1. The van der Waals surface area contributed by atoms with Crippen LogP contribution in [0.2, 0.25) is 0 Å². The molecule has 2 aliphatic rings. The molecule has 5 heteroatoms. The molecule has 3 N–H and O–H groups in total. The molecular formula is C11H17NO4. The van der Waals surface area contributed by atoms with Gasteiger partial charge in [-0.1, -0.05) is 0 Å². The van der Waals surface area contributed by atoms with Crippen molar-refractivity contribution < 1.29 is 19.8 Å². The fraction of sp³-hybridized carbons (Fsp3) is 0.818. The second kappa shape index (κ2) is 4.05. The summed E-state index contributed by atoms with van der Waals surface area (Å²) in [5.74, 6) is -1.83. The van der Waals surface area contributed by atoms with Crippen LogP contribution >= 0.6 is 0 Å². The molecule has 1 amide bonds. The van der Waals surface area contributed by atoms with E-state index in [-0.39, 0.29) is 23.8 Å². The van der Waals surface area contributed by atoms with Crippen molar-refractivity contribution in [2.45, 2.75) is 25.7 Å². The molecule has 2 fully saturated rings. The number of carboxylic acid groups (broad SMARTS) is 1. The van der Waals surface area contributed by atoms with Gasteiger partial charge in [0.05, 0.1) is 11.8 Å². The lowest BCUT2D eigenvalue weighted by molar-refractivity contribution is -0.140. The molecule has 0 heterocycles. The fourth-order valence-corrected chi connectivity index (χ4v) is 2.09. The number of nitrogens with one attached hydrogen (secondary N) is 1. The molecule has 0 aliphatic heterocycles. The Morgan fingerprint density at radius 3 is 2.44 bits per heavy atom. The minimum absolute atomic E-state index is 0.0953.